The van der Waals surface area contributed by atoms with Crippen LogP contribution in [0.5, 0.6) is 0 Å². The molecule has 11 aromatic carbocycles. The molecule has 0 radical (unpaired) electrons. The normalized spacial score (nSPS) is 11.3. The highest BCUT2D eigenvalue weighted by Crippen LogP contribution is 2.40. The predicted molar refractivity (Wildman–Crippen MR) is 326 cm³/mol. The number of aromatic nitrogens is 5. The molecular weight excluding hydrogens is 959 g/mol. The fraction of sp³-hybridized carbons (Fsp3) is 0. The fourth-order valence-corrected chi connectivity index (χ4v) is 10.9. The number of hydrogen-bond donors (Lipinski definition) is 0. The molecule has 3 aromatic heterocycles. The minimum atomic E-state index is 0.623. The first-order valence-electron chi connectivity index (χ1n) is 26.7. The highest BCUT2D eigenvalue weighted by molar-refractivity contribution is 6.09. The minimum Gasteiger partial charge on any atom is -0.309 e. The van der Waals surface area contributed by atoms with Crippen molar-refractivity contribution in [3.05, 3.63) is 297 Å². The van der Waals surface area contributed by atoms with E-state index in [9.17, 15) is 0 Å². The zero-order chi connectivity index (χ0) is 52.5. The van der Waals surface area contributed by atoms with Crippen LogP contribution in [0.4, 0.5) is 0 Å². The van der Waals surface area contributed by atoms with Crippen LogP contribution in [0.3, 0.4) is 0 Å². The summed E-state index contributed by atoms with van der Waals surface area (Å²) in [7, 11) is 0. The molecule has 0 bridgehead atoms. The summed E-state index contributed by atoms with van der Waals surface area (Å²) in [5, 5.41) is 2.35. The summed E-state index contributed by atoms with van der Waals surface area (Å²) in [5.41, 5.74) is 20.8. The zero-order valence-corrected chi connectivity index (χ0v) is 43.0. The van der Waals surface area contributed by atoms with Crippen LogP contribution in [0.15, 0.2) is 297 Å². The molecule has 0 N–H and O–H groups in total. The number of para-hydroxylation sites is 2. The van der Waals surface area contributed by atoms with Gasteiger partial charge in [-0.3, -0.25) is 0 Å². The van der Waals surface area contributed by atoms with Gasteiger partial charge in [0.2, 0.25) is 0 Å². The van der Waals surface area contributed by atoms with Crippen LogP contribution < -0.4 is 0 Å². The van der Waals surface area contributed by atoms with Crippen LogP contribution >= 0.6 is 0 Å². The van der Waals surface area contributed by atoms with Crippen molar-refractivity contribution in [2.75, 3.05) is 0 Å². The van der Waals surface area contributed by atoms with Crippen LogP contribution in [0.2, 0.25) is 0 Å². The van der Waals surface area contributed by atoms with Gasteiger partial charge in [0.1, 0.15) is 0 Å². The number of hydrogen-bond acceptors (Lipinski definition) is 4. The molecule has 0 saturated heterocycles. The van der Waals surface area contributed by atoms with Gasteiger partial charge < -0.3 is 4.57 Å². The molecule has 0 unspecified atom stereocenters. The molecule has 0 atom stereocenters. The topological polar surface area (TPSA) is 56.5 Å². The summed E-state index contributed by atoms with van der Waals surface area (Å²) in [6.07, 6.45) is 0. The van der Waals surface area contributed by atoms with E-state index >= 15 is 0 Å². The maximum atomic E-state index is 5.60. The first kappa shape index (κ1) is 46.9. The smallest absolute Gasteiger partial charge is 0.160 e. The van der Waals surface area contributed by atoms with Crippen molar-refractivity contribution in [3.63, 3.8) is 0 Å². The number of fused-ring (bicyclic) bond motifs is 3. The van der Waals surface area contributed by atoms with Gasteiger partial charge in [0.15, 0.2) is 11.6 Å². The Labute approximate surface area is 459 Å². The van der Waals surface area contributed by atoms with Gasteiger partial charge in [0.25, 0.3) is 0 Å². The minimum absolute atomic E-state index is 0.623. The molecule has 370 valence electrons. The van der Waals surface area contributed by atoms with E-state index < -0.39 is 0 Å². The van der Waals surface area contributed by atoms with Crippen molar-refractivity contribution in [2.24, 2.45) is 0 Å². The molecule has 0 spiro atoms. The van der Waals surface area contributed by atoms with Gasteiger partial charge in [-0.15, -0.1) is 0 Å². The van der Waals surface area contributed by atoms with Crippen molar-refractivity contribution in [2.45, 2.75) is 0 Å². The Bertz CT molecular complexity index is 4100. The molecule has 5 heteroatoms. The van der Waals surface area contributed by atoms with Gasteiger partial charge in [-0.05, 0) is 123 Å². The average Bonchev–Trinajstić information content (AvgIpc) is 4.06. The van der Waals surface area contributed by atoms with E-state index in [1.165, 1.54) is 10.8 Å². The summed E-state index contributed by atoms with van der Waals surface area (Å²) >= 11 is 0. The maximum Gasteiger partial charge on any atom is 0.160 e. The Hall–Kier alpha value is -10.6. The molecule has 79 heavy (non-hydrogen) atoms. The second kappa shape index (κ2) is 20.5. The lowest BCUT2D eigenvalue weighted by Crippen LogP contribution is -2.01. The fourth-order valence-electron chi connectivity index (χ4n) is 10.9. The van der Waals surface area contributed by atoms with Crippen molar-refractivity contribution in [3.8, 4) is 118 Å². The van der Waals surface area contributed by atoms with Gasteiger partial charge in [-0.1, -0.05) is 218 Å². The summed E-state index contributed by atoms with van der Waals surface area (Å²) in [5.74, 6) is 1.25. The molecule has 0 amide bonds. The van der Waals surface area contributed by atoms with Gasteiger partial charge in [0, 0.05) is 49.8 Å². The standard InChI is InChI=1S/C74H49N5/c1-7-23-50(24-8-1)56-39-57(51-25-9-2-10-26-51)42-62(41-56)73-75-67(54-31-15-5-16-32-54)48-69(77-73)60-45-61(47-64(46-60)79-71-37-21-19-35-65(71)66-36-20-22-38-72(66)79)70-49-68(55-33-17-6-18-34-55)76-74(78-70)63-43-58(52-27-11-3-12-28-52)40-59(44-63)53-29-13-4-14-30-53/h1-49H. The van der Waals surface area contributed by atoms with Crippen molar-refractivity contribution < 1.29 is 0 Å². The molecule has 0 fully saturated rings. The van der Waals surface area contributed by atoms with Gasteiger partial charge in [-0.2, -0.15) is 0 Å². The Kier molecular flexibility index (Phi) is 12.2. The van der Waals surface area contributed by atoms with Crippen molar-refractivity contribution in [1.82, 2.24) is 24.5 Å². The third-order valence-electron chi connectivity index (χ3n) is 14.7. The number of nitrogens with zero attached hydrogens (tertiary/aromatic N) is 5. The number of benzene rings is 11. The highest BCUT2D eigenvalue weighted by Gasteiger charge is 2.20. The van der Waals surface area contributed by atoms with Crippen molar-refractivity contribution >= 4 is 21.8 Å². The van der Waals surface area contributed by atoms with Gasteiger partial charge in [-0.25, -0.2) is 19.9 Å². The van der Waals surface area contributed by atoms with Crippen LogP contribution in [0.1, 0.15) is 0 Å². The van der Waals surface area contributed by atoms with E-state index in [1.54, 1.807) is 0 Å². The van der Waals surface area contributed by atoms with Crippen LogP contribution in [-0.4, -0.2) is 24.5 Å². The zero-order valence-electron chi connectivity index (χ0n) is 43.0. The number of rotatable bonds is 11. The quantitative estimate of drug-likeness (QED) is 0.130. The van der Waals surface area contributed by atoms with Gasteiger partial charge in [0.05, 0.1) is 33.8 Å². The van der Waals surface area contributed by atoms with E-state index in [2.05, 4.69) is 290 Å². The summed E-state index contributed by atoms with van der Waals surface area (Å²) < 4.78 is 2.38. The molecule has 0 saturated carbocycles. The molecule has 5 nitrogen and oxygen atoms in total. The third kappa shape index (κ3) is 9.36. The first-order valence-corrected chi connectivity index (χ1v) is 26.7. The third-order valence-corrected chi connectivity index (χ3v) is 14.7. The molecular formula is C74H49N5. The van der Waals surface area contributed by atoms with E-state index in [1.807, 2.05) is 12.1 Å². The molecule has 3 heterocycles. The van der Waals surface area contributed by atoms with E-state index in [0.29, 0.717) is 11.6 Å². The van der Waals surface area contributed by atoms with Gasteiger partial charge >= 0.3 is 0 Å². The SMILES string of the molecule is c1ccc(-c2cc(-c3ccccc3)cc(-c3nc(-c4ccccc4)cc(-c4cc(-c5cc(-c6ccccc6)nc(-c6cc(-c7ccccc7)cc(-c7ccccc7)c6)n5)cc(-n5c6ccccc6c6ccccc65)c4)n3)c2)cc1. The second-order valence-corrected chi connectivity index (χ2v) is 19.9. The summed E-state index contributed by atoms with van der Waals surface area (Å²) in [6.45, 7) is 0. The maximum absolute atomic E-state index is 5.60. The summed E-state index contributed by atoms with van der Waals surface area (Å²) in [4.78, 5) is 22.0. The lowest BCUT2D eigenvalue weighted by Gasteiger charge is -2.16. The molecule has 0 aliphatic rings. The largest absolute Gasteiger partial charge is 0.309 e. The lowest BCUT2D eigenvalue weighted by atomic mass is 9.95. The van der Waals surface area contributed by atoms with Crippen molar-refractivity contribution in [1.29, 1.82) is 0 Å². The van der Waals surface area contributed by atoms with E-state index in [4.69, 9.17) is 19.9 Å². The molecule has 0 aliphatic heterocycles. The Balaban J connectivity index is 1.03. The molecule has 14 aromatic rings. The Morgan fingerprint density at radius 1 is 0.190 bits per heavy atom. The molecule has 14 rings (SSSR count). The highest BCUT2D eigenvalue weighted by atomic mass is 15.0. The molecule has 0 aliphatic carbocycles. The van der Waals surface area contributed by atoms with Crippen LogP contribution in [-0.2, 0) is 0 Å². The first-order chi connectivity index (χ1) is 39.1. The van der Waals surface area contributed by atoms with E-state index in [0.717, 1.165) is 117 Å². The van der Waals surface area contributed by atoms with E-state index in [-0.39, 0.29) is 0 Å². The predicted octanol–water partition coefficient (Wildman–Crippen LogP) is 19.0. The second-order valence-electron chi connectivity index (χ2n) is 19.9. The lowest BCUT2D eigenvalue weighted by molar-refractivity contribution is 1.16. The monoisotopic (exact) mass is 1010 g/mol. The van der Waals surface area contributed by atoms with Crippen LogP contribution in [0.25, 0.3) is 140 Å². The summed E-state index contributed by atoms with van der Waals surface area (Å²) in [6, 6.07) is 105. The Morgan fingerprint density at radius 2 is 0.443 bits per heavy atom. The van der Waals surface area contributed by atoms with Crippen LogP contribution in [0, 0.1) is 0 Å². The average molecular weight is 1010 g/mol. The Morgan fingerprint density at radius 3 is 0.772 bits per heavy atom.